The van der Waals surface area contributed by atoms with Gasteiger partial charge in [0, 0.05) is 19.6 Å². The third kappa shape index (κ3) is 11.2. The number of hydrogen-bond donors (Lipinski definition) is 0. The van der Waals surface area contributed by atoms with Crippen LogP contribution in [0.1, 0.15) is 0 Å². The smallest absolute Gasteiger partial charge is 0.119 e. The minimum absolute atomic E-state index is 0.533. The van der Waals surface area contributed by atoms with E-state index in [2.05, 4.69) is 4.90 Å². The fourth-order valence-electron chi connectivity index (χ4n) is 3.21. The highest BCUT2D eigenvalue weighted by molar-refractivity contribution is 5.22. The number of benzene rings is 3. The lowest BCUT2D eigenvalue weighted by atomic mass is 10.3. The zero-order valence-corrected chi connectivity index (χ0v) is 19.7. The van der Waals surface area contributed by atoms with Crippen LogP contribution in [-0.2, 0) is 9.47 Å². The molecule has 0 aromatic heterocycles. The second kappa shape index (κ2) is 16.5. The van der Waals surface area contributed by atoms with Crippen molar-refractivity contribution in [3.05, 3.63) is 91.0 Å². The number of para-hydroxylation sites is 3. The number of hydrogen-bond acceptors (Lipinski definition) is 6. The molecule has 0 aliphatic rings. The second-order valence-electron chi connectivity index (χ2n) is 7.55. The minimum atomic E-state index is 0.533. The van der Waals surface area contributed by atoms with Gasteiger partial charge < -0.3 is 23.7 Å². The van der Waals surface area contributed by atoms with Crippen LogP contribution >= 0.6 is 0 Å². The summed E-state index contributed by atoms with van der Waals surface area (Å²) >= 11 is 0. The van der Waals surface area contributed by atoms with Crippen molar-refractivity contribution < 1.29 is 23.7 Å². The lowest BCUT2D eigenvalue weighted by molar-refractivity contribution is 0.0516. The molecule has 34 heavy (non-hydrogen) atoms. The summed E-state index contributed by atoms with van der Waals surface area (Å²) in [5.74, 6) is 2.60. The van der Waals surface area contributed by atoms with Crippen molar-refractivity contribution in [1.82, 2.24) is 4.90 Å². The summed E-state index contributed by atoms with van der Waals surface area (Å²) < 4.78 is 28.8. The molecule has 0 atom stereocenters. The molecule has 0 heterocycles. The molecule has 0 fully saturated rings. The zero-order chi connectivity index (χ0) is 23.5. The molecule has 0 aliphatic heterocycles. The third-order valence-electron chi connectivity index (χ3n) is 5.00. The molecular formula is C28H35NO5. The van der Waals surface area contributed by atoms with E-state index in [1.807, 2.05) is 91.0 Å². The highest BCUT2D eigenvalue weighted by atomic mass is 16.5. The predicted molar refractivity (Wildman–Crippen MR) is 134 cm³/mol. The first-order chi connectivity index (χ1) is 16.9. The molecule has 3 aromatic carbocycles. The molecule has 0 aliphatic carbocycles. The second-order valence-corrected chi connectivity index (χ2v) is 7.55. The molecular weight excluding hydrogens is 430 g/mol. The maximum absolute atomic E-state index is 5.86. The van der Waals surface area contributed by atoms with E-state index in [9.17, 15) is 0 Å². The van der Waals surface area contributed by atoms with Crippen molar-refractivity contribution in [2.45, 2.75) is 0 Å². The Balaban J connectivity index is 1.29. The van der Waals surface area contributed by atoms with Gasteiger partial charge in [0.2, 0.25) is 0 Å². The molecule has 6 heteroatoms. The maximum atomic E-state index is 5.86. The van der Waals surface area contributed by atoms with Crippen LogP contribution in [0.4, 0.5) is 0 Å². The van der Waals surface area contributed by atoms with Crippen LogP contribution < -0.4 is 14.2 Å². The van der Waals surface area contributed by atoms with Crippen LogP contribution in [0.15, 0.2) is 91.0 Å². The standard InChI is InChI=1S/C28H35NO5/c1-4-10-26(11-5-1)32-21-18-29(16-19-30-22-24-33-27-12-6-2-7-13-27)17-20-31-23-25-34-28-14-8-3-9-15-28/h1-15H,16-25H2. The molecule has 0 radical (unpaired) electrons. The SMILES string of the molecule is c1ccc(OCCOCCN(CCOCCOc2ccccc2)CCOc2ccccc2)cc1. The molecule has 0 bridgehead atoms. The van der Waals surface area contributed by atoms with E-state index in [1.54, 1.807) is 0 Å². The quantitative estimate of drug-likeness (QED) is 0.257. The van der Waals surface area contributed by atoms with Crippen molar-refractivity contribution in [2.24, 2.45) is 0 Å². The van der Waals surface area contributed by atoms with Crippen molar-refractivity contribution in [3.8, 4) is 17.2 Å². The number of ether oxygens (including phenoxy) is 5. The lowest BCUT2D eigenvalue weighted by Crippen LogP contribution is -2.35. The predicted octanol–water partition coefficient (Wildman–Crippen LogP) is 4.56. The molecule has 3 aromatic rings. The number of rotatable bonds is 18. The van der Waals surface area contributed by atoms with Crippen LogP contribution in [0.3, 0.4) is 0 Å². The van der Waals surface area contributed by atoms with Gasteiger partial charge in [-0.15, -0.1) is 0 Å². The first-order valence-electron chi connectivity index (χ1n) is 11.8. The van der Waals surface area contributed by atoms with Crippen molar-refractivity contribution in [2.75, 3.05) is 65.9 Å². The van der Waals surface area contributed by atoms with Gasteiger partial charge in [-0.3, -0.25) is 4.90 Å². The van der Waals surface area contributed by atoms with Crippen LogP contribution in [0, 0.1) is 0 Å². The Morgan fingerprint density at radius 3 is 1.15 bits per heavy atom. The molecule has 0 saturated carbocycles. The molecule has 0 amide bonds. The largest absolute Gasteiger partial charge is 0.492 e. The topological polar surface area (TPSA) is 49.4 Å². The van der Waals surface area contributed by atoms with E-state index in [4.69, 9.17) is 23.7 Å². The Labute approximate surface area is 203 Å². The summed E-state index contributed by atoms with van der Waals surface area (Å²) in [6.07, 6.45) is 0. The van der Waals surface area contributed by atoms with Crippen LogP contribution in [0.5, 0.6) is 17.2 Å². The minimum Gasteiger partial charge on any atom is -0.492 e. The Morgan fingerprint density at radius 2 is 0.735 bits per heavy atom. The van der Waals surface area contributed by atoms with E-state index < -0.39 is 0 Å². The van der Waals surface area contributed by atoms with Crippen molar-refractivity contribution >= 4 is 0 Å². The van der Waals surface area contributed by atoms with Gasteiger partial charge in [0.1, 0.15) is 37.1 Å². The highest BCUT2D eigenvalue weighted by Gasteiger charge is 2.06. The third-order valence-corrected chi connectivity index (χ3v) is 5.00. The first-order valence-corrected chi connectivity index (χ1v) is 11.8. The van der Waals surface area contributed by atoms with Gasteiger partial charge in [0.25, 0.3) is 0 Å². The molecule has 0 spiro atoms. The summed E-state index contributed by atoms with van der Waals surface area (Å²) in [5, 5.41) is 0. The van der Waals surface area contributed by atoms with Gasteiger partial charge in [-0.25, -0.2) is 0 Å². The Bertz CT molecular complexity index is 812. The summed E-state index contributed by atoms with van der Waals surface area (Å²) in [4.78, 5) is 2.29. The maximum Gasteiger partial charge on any atom is 0.119 e. The molecule has 0 unspecified atom stereocenters. The fourth-order valence-corrected chi connectivity index (χ4v) is 3.21. The number of nitrogens with zero attached hydrogens (tertiary/aromatic N) is 1. The van der Waals surface area contributed by atoms with Gasteiger partial charge in [0.15, 0.2) is 0 Å². The van der Waals surface area contributed by atoms with E-state index in [1.165, 1.54) is 0 Å². The fraction of sp³-hybridized carbons (Fsp3) is 0.357. The molecule has 182 valence electrons. The van der Waals surface area contributed by atoms with Gasteiger partial charge in [-0.1, -0.05) is 54.6 Å². The van der Waals surface area contributed by atoms with Crippen LogP contribution in [-0.4, -0.2) is 70.8 Å². The average Bonchev–Trinajstić information content (AvgIpc) is 2.89. The van der Waals surface area contributed by atoms with Crippen molar-refractivity contribution in [1.29, 1.82) is 0 Å². The zero-order valence-electron chi connectivity index (χ0n) is 19.7. The summed E-state index contributed by atoms with van der Waals surface area (Å²) in [6.45, 7) is 6.42. The average molecular weight is 466 g/mol. The first kappa shape index (κ1) is 25.6. The lowest BCUT2D eigenvalue weighted by Gasteiger charge is -2.22. The summed E-state index contributed by atoms with van der Waals surface area (Å²) in [6, 6.07) is 29.4. The summed E-state index contributed by atoms with van der Waals surface area (Å²) in [7, 11) is 0. The Hall–Kier alpha value is -3.06. The molecule has 0 saturated heterocycles. The van der Waals surface area contributed by atoms with Crippen LogP contribution in [0.2, 0.25) is 0 Å². The van der Waals surface area contributed by atoms with Gasteiger partial charge in [-0.2, -0.15) is 0 Å². The van der Waals surface area contributed by atoms with Gasteiger partial charge >= 0.3 is 0 Å². The van der Waals surface area contributed by atoms with Gasteiger partial charge in [0.05, 0.1) is 26.4 Å². The van der Waals surface area contributed by atoms with Crippen molar-refractivity contribution in [3.63, 3.8) is 0 Å². The molecule has 0 N–H and O–H groups in total. The summed E-state index contributed by atoms with van der Waals surface area (Å²) in [5.41, 5.74) is 0. The van der Waals surface area contributed by atoms with E-state index >= 15 is 0 Å². The van der Waals surface area contributed by atoms with Crippen LogP contribution in [0.25, 0.3) is 0 Å². The van der Waals surface area contributed by atoms with E-state index in [0.29, 0.717) is 46.2 Å². The van der Waals surface area contributed by atoms with E-state index in [-0.39, 0.29) is 0 Å². The van der Waals surface area contributed by atoms with E-state index in [0.717, 1.165) is 36.9 Å². The Morgan fingerprint density at radius 1 is 0.382 bits per heavy atom. The Kier molecular flexibility index (Phi) is 12.4. The molecule has 3 rings (SSSR count). The van der Waals surface area contributed by atoms with Gasteiger partial charge in [-0.05, 0) is 36.4 Å². The normalized spacial score (nSPS) is 10.9. The monoisotopic (exact) mass is 465 g/mol. The molecule has 6 nitrogen and oxygen atoms in total. The highest BCUT2D eigenvalue weighted by Crippen LogP contribution is 2.09.